The van der Waals surface area contributed by atoms with Crippen LogP contribution in [0.4, 0.5) is 0 Å². The molecule has 0 unspecified atom stereocenters. The minimum absolute atomic E-state index is 0.164. The Balaban J connectivity index is 1.63. The molecule has 5 nitrogen and oxygen atoms in total. The third kappa shape index (κ3) is 4.39. The maximum Gasteiger partial charge on any atom is 0.208 e. The summed E-state index contributed by atoms with van der Waals surface area (Å²) in [5, 5.41) is 9.91. The highest BCUT2D eigenvalue weighted by Gasteiger charge is 2.13. The molecule has 0 radical (unpaired) electrons. The Labute approximate surface area is 199 Å². The number of para-hydroxylation sites is 2. The van der Waals surface area contributed by atoms with E-state index in [1.807, 2.05) is 24.3 Å². The van der Waals surface area contributed by atoms with E-state index in [1.165, 1.54) is 0 Å². The minimum Gasteiger partial charge on any atom is -0.471 e. The van der Waals surface area contributed by atoms with Crippen LogP contribution in [0, 0.1) is 5.41 Å². The van der Waals surface area contributed by atoms with Gasteiger partial charge in [-0.25, -0.2) is 0 Å². The van der Waals surface area contributed by atoms with Crippen molar-refractivity contribution in [2.24, 2.45) is 0 Å². The highest BCUT2D eigenvalue weighted by Crippen LogP contribution is 2.29. The summed E-state index contributed by atoms with van der Waals surface area (Å²) in [6.45, 7) is 0.328. The van der Waals surface area contributed by atoms with Gasteiger partial charge < -0.3 is 9.47 Å². The van der Waals surface area contributed by atoms with Gasteiger partial charge in [-0.1, -0.05) is 35.3 Å². The lowest BCUT2D eigenvalue weighted by atomic mass is 10.3. The second-order valence-corrected chi connectivity index (χ2v) is 8.95. The van der Waals surface area contributed by atoms with E-state index in [4.69, 9.17) is 38.1 Å². The van der Waals surface area contributed by atoms with Crippen LogP contribution >= 0.6 is 55.1 Å². The van der Waals surface area contributed by atoms with E-state index >= 15 is 0 Å². The molecule has 0 bridgehead atoms. The zero-order valence-electron chi connectivity index (χ0n) is 15.4. The molecule has 1 aromatic heterocycles. The Morgan fingerprint density at radius 1 is 0.733 bits per heavy atom. The number of nitrogens with one attached hydrogen (secondary N) is 1. The Bertz CT molecular complexity index is 1190. The summed E-state index contributed by atoms with van der Waals surface area (Å²) in [7, 11) is 0. The van der Waals surface area contributed by atoms with Crippen molar-refractivity contribution in [2.75, 3.05) is 0 Å². The molecule has 1 N–H and O–H groups in total. The van der Waals surface area contributed by atoms with Gasteiger partial charge in [-0.2, -0.15) is 0 Å². The first-order valence-corrected chi connectivity index (χ1v) is 11.2. The van der Waals surface area contributed by atoms with Crippen molar-refractivity contribution in [1.29, 1.82) is 5.41 Å². The molecule has 3 aromatic carbocycles. The summed E-state index contributed by atoms with van der Waals surface area (Å²) in [5.41, 5.74) is 1.99. The smallest absolute Gasteiger partial charge is 0.208 e. The fraction of sp³-hybridized carbons (Fsp3) is 0.0952. The predicted molar refractivity (Wildman–Crippen MR) is 125 cm³/mol. The number of benzene rings is 3. The quantitative estimate of drug-likeness (QED) is 0.276. The van der Waals surface area contributed by atoms with Gasteiger partial charge in [-0.15, -0.1) is 0 Å². The van der Waals surface area contributed by atoms with Crippen molar-refractivity contribution in [2.45, 2.75) is 13.5 Å². The van der Waals surface area contributed by atoms with Gasteiger partial charge in [-0.05, 0) is 80.4 Å². The van der Waals surface area contributed by atoms with Crippen molar-refractivity contribution in [3.05, 3.63) is 85.3 Å². The molecule has 9 heteroatoms. The lowest BCUT2D eigenvalue weighted by Gasteiger charge is -2.11. The van der Waals surface area contributed by atoms with Crippen LogP contribution in [0.2, 0.25) is 10.0 Å². The SMILES string of the molecule is N=c1n(COc2ccc(Cl)cc2Br)c2ccccc2n1COc1ccc(Cl)cc1Br. The molecule has 0 aliphatic rings. The van der Waals surface area contributed by atoms with Crippen molar-refractivity contribution in [3.63, 3.8) is 0 Å². The number of imidazole rings is 1. The standard InChI is InChI=1S/C21H15Br2Cl2N3O2/c22-15-9-13(24)5-7-19(15)29-11-27-17-3-1-2-4-18(17)28(21(27)26)12-30-20-8-6-14(25)10-16(20)23/h1-10,26H,11-12H2. The van der Waals surface area contributed by atoms with Crippen molar-refractivity contribution < 1.29 is 9.47 Å². The van der Waals surface area contributed by atoms with Gasteiger partial charge >= 0.3 is 0 Å². The molecule has 0 fully saturated rings. The van der Waals surface area contributed by atoms with Crippen LogP contribution in [-0.2, 0) is 13.5 Å². The highest BCUT2D eigenvalue weighted by atomic mass is 79.9. The summed E-state index contributed by atoms with van der Waals surface area (Å²) in [6, 6.07) is 18.4. The third-order valence-electron chi connectivity index (χ3n) is 4.46. The van der Waals surface area contributed by atoms with E-state index < -0.39 is 0 Å². The Kier molecular flexibility index (Phi) is 6.43. The molecule has 0 aliphatic carbocycles. The maximum atomic E-state index is 8.68. The van der Waals surface area contributed by atoms with Gasteiger partial charge in [0.25, 0.3) is 0 Å². The van der Waals surface area contributed by atoms with Gasteiger partial charge in [0.05, 0.1) is 20.0 Å². The van der Waals surface area contributed by atoms with Gasteiger partial charge in [0.2, 0.25) is 5.62 Å². The lowest BCUT2D eigenvalue weighted by molar-refractivity contribution is 0.212. The molecule has 0 saturated heterocycles. The zero-order valence-corrected chi connectivity index (χ0v) is 20.1. The van der Waals surface area contributed by atoms with Gasteiger partial charge in [0, 0.05) is 10.0 Å². The summed E-state index contributed by atoms with van der Waals surface area (Å²) >= 11 is 18.9. The number of hydrogen-bond acceptors (Lipinski definition) is 3. The molecule has 0 amide bonds. The van der Waals surface area contributed by atoms with Gasteiger partial charge in [0.15, 0.2) is 13.5 Å². The van der Waals surface area contributed by atoms with Crippen molar-refractivity contribution in [3.8, 4) is 11.5 Å². The average Bonchev–Trinajstić information content (AvgIpc) is 2.98. The molecule has 0 atom stereocenters. The van der Waals surface area contributed by atoms with Crippen LogP contribution in [-0.4, -0.2) is 9.13 Å². The summed E-state index contributed by atoms with van der Waals surface area (Å²) in [4.78, 5) is 0. The number of halogens is 4. The zero-order chi connectivity index (χ0) is 21.3. The number of ether oxygens (including phenoxy) is 2. The fourth-order valence-corrected chi connectivity index (χ4v) is 4.60. The molecule has 1 heterocycles. The molecule has 154 valence electrons. The highest BCUT2D eigenvalue weighted by molar-refractivity contribution is 9.10. The number of aromatic nitrogens is 2. The van der Waals surface area contributed by atoms with Crippen LogP contribution in [0.5, 0.6) is 11.5 Å². The number of nitrogens with zero attached hydrogens (tertiary/aromatic N) is 2. The van der Waals surface area contributed by atoms with E-state index in [-0.39, 0.29) is 19.1 Å². The second-order valence-electron chi connectivity index (χ2n) is 6.36. The Morgan fingerprint density at radius 2 is 1.17 bits per heavy atom. The molecule has 0 saturated carbocycles. The monoisotopic (exact) mass is 569 g/mol. The molecule has 0 spiro atoms. The van der Waals surface area contributed by atoms with Crippen LogP contribution in [0.25, 0.3) is 11.0 Å². The molecular weight excluding hydrogens is 557 g/mol. The van der Waals surface area contributed by atoms with Crippen LogP contribution in [0.3, 0.4) is 0 Å². The normalized spacial score (nSPS) is 11.1. The first-order valence-electron chi connectivity index (χ1n) is 8.82. The summed E-state index contributed by atoms with van der Waals surface area (Å²) in [6.07, 6.45) is 0. The van der Waals surface area contributed by atoms with Crippen LogP contribution in [0.15, 0.2) is 69.6 Å². The first-order chi connectivity index (χ1) is 14.4. The Morgan fingerprint density at radius 3 is 1.57 bits per heavy atom. The topological polar surface area (TPSA) is 52.2 Å². The Hall–Kier alpha value is -1.93. The van der Waals surface area contributed by atoms with Crippen molar-refractivity contribution >= 4 is 66.1 Å². The van der Waals surface area contributed by atoms with Crippen LogP contribution < -0.4 is 15.1 Å². The second kappa shape index (κ2) is 9.06. The van der Waals surface area contributed by atoms with Gasteiger partial charge in [0.1, 0.15) is 11.5 Å². The molecule has 30 heavy (non-hydrogen) atoms. The minimum atomic E-state index is 0.164. The van der Waals surface area contributed by atoms with E-state index in [1.54, 1.807) is 45.5 Å². The van der Waals surface area contributed by atoms with E-state index in [0.29, 0.717) is 21.5 Å². The summed E-state index contributed by atoms with van der Waals surface area (Å²) < 4.78 is 16.9. The molecule has 4 rings (SSSR count). The van der Waals surface area contributed by atoms with Crippen LogP contribution in [0.1, 0.15) is 0 Å². The maximum absolute atomic E-state index is 8.68. The summed E-state index contributed by atoms with van der Waals surface area (Å²) in [5.74, 6) is 1.29. The van der Waals surface area contributed by atoms with Gasteiger partial charge in [-0.3, -0.25) is 14.5 Å². The first kappa shape index (κ1) is 21.3. The average molecular weight is 572 g/mol. The fourth-order valence-electron chi connectivity index (χ4n) is 3.01. The molecule has 4 aromatic rings. The van der Waals surface area contributed by atoms with Crippen molar-refractivity contribution in [1.82, 2.24) is 9.13 Å². The predicted octanol–water partition coefficient (Wildman–Crippen LogP) is 6.83. The third-order valence-corrected chi connectivity index (χ3v) is 6.17. The van der Waals surface area contributed by atoms with E-state index in [0.717, 1.165) is 20.0 Å². The number of rotatable bonds is 6. The molecule has 0 aliphatic heterocycles. The number of fused-ring (bicyclic) bond motifs is 1. The number of hydrogen-bond donors (Lipinski definition) is 1. The lowest BCUT2D eigenvalue weighted by Crippen LogP contribution is -2.27. The largest absolute Gasteiger partial charge is 0.471 e. The molecular formula is C21H15Br2Cl2N3O2. The van der Waals surface area contributed by atoms with E-state index in [9.17, 15) is 0 Å². The van der Waals surface area contributed by atoms with E-state index in [2.05, 4.69) is 31.9 Å².